The molecule has 0 aliphatic carbocycles. The van der Waals surface area contributed by atoms with Crippen molar-refractivity contribution in [1.29, 1.82) is 0 Å². The molecule has 0 nitrogen and oxygen atoms in total. The molecule has 0 aliphatic heterocycles. The van der Waals surface area contributed by atoms with Crippen LogP contribution in [0.3, 0.4) is 0 Å². The van der Waals surface area contributed by atoms with Crippen LogP contribution in [0.1, 0.15) is 20.8 Å². The Morgan fingerprint density at radius 2 is 1.58 bits per heavy atom. The second-order valence-electron chi connectivity index (χ2n) is 4.03. The second-order valence-corrected chi connectivity index (χ2v) is 6.93. The Kier molecular flexibility index (Phi) is 2.96. The highest BCUT2D eigenvalue weighted by Crippen LogP contribution is 2.43. The minimum absolute atomic E-state index is 0.242. The van der Waals surface area contributed by atoms with Crippen molar-refractivity contribution in [2.75, 3.05) is 0 Å². The van der Waals surface area contributed by atoms with Crippen LogP contribution in [0.25, 0.3) is 0 Å². The van der Waals surface area contributed by atoms with Crippen LogP contribution in [-0.4, -0.2) is 12.7 Å². The summed E-state index contributed by atoms with van der Waals surface area (Å²) in [6.07, 6.45) is 0. The fourth-order valence-corrected chi connectivity index (χ4v) is 2.47. The number of hydrogen-bond donors (Lipinski definition) is 0. The van der Waals surface area contributed by atoms with E-state index in [0.717, 1.165) is 0 Å². The first-order valence-corrected chi connectivity index (χ1v) is 5.78. The van der Waals surface area contributed by atoms with Crippen LogP contribution in [0.4, 0.5) is 0 Å². The zero-order valence-corrected chi connectivity index (χ0v) is 8.96. The SMILES string of the molecule is [B-][PH+](c1ccccc1)C(C)(C)C. The zero-order valence-electron chi connectivity index (χ0n) is 7.96. The third kappa shape index (κ3) is 2.35. The van der Waals surface area contributed by atoms with Gasteiger partial charge in [-0.2, -0.15) is 0 Å². The minimum atomic E-state index is -0.883. The average Bonchev–Trinajstić information content (AvgIpc) is 2.03. The van der Waals surface area contributed by atoms with Gasteiger partial charge in [0.1, 0.15) is 0 Å². The van der Waals surface area contributed by atoms with Gasteiger partial charge in [0.15, 0.2) is 0 Å². The molecule has 2 heteroatoms. The Balaban J connectivity index is 2.86. The van der Waals surface area contributed by atoms with Gasteiger partial charge in [0.05, 0.1) is 0 Å². The van der Waals surface area contributed by atoms with Gasteiger partial charge in [-0.25, -0.2) is 7.80 Å². The van der Waals surface area contributed by atoms with E-state index in [1.54, 1.807) is 0 Å². The maximum absolute atomic E-state index is 6.17. The third-order valence-corrected chi connectivity index (χ3v) is 4.46. The van der Waals surface area contributed by atoms with Gasteiger partial charge in [-0.05, 0) is 32.9 Å². The van der Waals surface area contributed by atoms with Gasteiger partial charge in [-0.1, -0.05) is 18.2 Å². The monoisotopic (exact) mass is 177 g/mol. The second kappa shape index (κ2) is 3.62. The Labute approximate surface area is 77.5 Å². The molecule has 0 amide bonds. The van der Waals surface area contributed by atoms with Crippen molar-refractivity contribution in [2.24, 2.45) is 0 Å². The molecule has 3 radical (unpaired) electrons. The van der Waals surface area contributed by atoms with Crippen molar-refractivity contribution in [1.82, 2.24) is 0 Å². The molecule has 0 saturated heterocycles. The van der Waals surface area contributed by atoms with Crippen molar-refractivity contribution >= 4 is 20.7 Å². The summed E-state index contributed by atoms with van der Waals surface area (Å²) in [6, 6.07) is 10.4. The average molecular weight is 177 g/mol. The van der Waals surface area contributed by atoms with E-state index >= 15 is 0 Å². The molecular weight excluding hydrogens is 162 g/mol. The lowest BCUT2D eigenvalue weighted by atomic mass is 10.3. The molecule has 0 aliphatic rings. The first-order valence-electron chi connectivity index (χ1n) is 4.20. The van der Waals surface area contributed by atoms with Crippen LogP contribution in [0.5, 0.6) is 0 Å². The summed E-state index contributed by atoms with van der Waals surface area (Å²) in [7, 11) is 5.29. The molecule has 1 unspecified atom stereocenters. The van der Waals surface area contributed by atoms with Crippen LogP contribution in [0, 0.1) is 0 Å². The normalized spacial score (nSPS) is 14.3. The largest absolute Gasteiger partial charge is 0.302 e. The summed E-state index contributed by atoms with van der Waals surface area (Å²) < 4.78 is 0. The fraction of sp³-hybridized carbons (Fsp3) is 0.400. The molecule has 0 bridgehead atoms. The van der Waals surface area contributed by atoms with Gasteiger partial charge in [0, 0.05) is 10.5 Å². The van der Waals surface area contributed by atoms with Crippen LogP contribution >= 0.6 is 7.80 Å². The van der Waals surface area contributed by atoms with Crippen molar-refractivity contribution in [3.63, 3.8) is 0 Å². The zero-order chi connectivity index (χ0) is 9.19. The van der Waals surface area contributed by atoms with Gasteiger partial charge in [-0.15, -0.1) is 0 Å². The first kappa shape index (κ1) is 9.80. The molecule has 0 N–H and O–H groups in total. The summed E-state index contributed by atoms with van der Waals surface area (Å²) >= 11 is 0. The quantitative estimate of drug-likeness (QED) is 0.456. The van der Waals surface area contributed by atoms with Crippen LogP contribution < -0.4 is 5.30 Å². The van der Waals surface area contributed by atoms with E-state index in [9.17, 15) is 0 Å². The summed E-state index contributed by atoms with van der Waals surface area (Å²) in [4.78, 5) is 0. The van der Waals surface area contributed by atoms with Gasteiger partial charge in [0.25, 0.3) is 0 Å². The molecule has 0 aromatic heterocycles. The molecule has 0 saturated carbocycles. The van der Waals surface area contributed by atoms with E-state index < -0.39 is 7.80 Å². The van der Waals surface area contributed by atoms with E-state index in [2.05, 4.69) is 45.0 Å². The van der Waals surface area contributed by atoms with Gasteiger partial charge in [-0.3, -0.25) is 0 Å². The third-order valence-electron chi connectivity index (χ3n) is 1.89. The van der Waals surface area contributed by atoms with Gasteiger partial charge in [0.2, 0.25) is 0 Å². The van der Waals surface area contributed by atoms with Gasteiger partial charge >= 0.3 is 0 Å². The molecule has 0 fully saturated rings. The standard InChI is InChI=1S/C10H15BP/c1-10(2,3)12(11)9-7-5-4-6-8-9/h4-8,12H,1-3H3. The predicted octanol–water partition coefficient (Wildman–Crippen LogP) is 2.41. The van der Waals surface area contributed by atoms with E-state index in [1.165, 1.54) is 5.30 Å². The first-order chi connectivity index (χ1) is 5.52. The van der Waals surface area contributed by atoms with Gasteiger partial charge < -0.3 is 7.57 Å². The van der Waals surface area contributed by atoms with Crippen LogP contribution in [-0.2, 0) is 0 Å². The van der Waals surface area contributed by atoms with E-state index in [1.807, 2.05) is 6.07 Å². The molecule has 12 heavy (non-hydrogen) atoms. The Morgan fingerprint density at radius 1 is 1.08 bits per heavy atom. The topological polar surface area (TPSA) is 0 Å². The van der Waals surface area contributed by atoms with E-state index in [0.29, 0.717) is 0 Å². The number of hydrogen-bond acceptors (Lipinski definition) is 0. The maximum atomic E-state index is 6.17. The van der Waals surface area contributed by atoms with Crippen LogP contribution in [0.15, 0.2) is 30.3 Å². The minimum Gasteiger partial charge on any atom is -0.302 e. The van der Waals surface area contributed by atoms with Crippen molar-refractivity contribution in [2.45, 2.75) is 25.9 Å². The van der Waals surface area contributed by atoms with E-state index in [4.69, 9.17) is 7.57 Å². The molecule has 1 aromatic carbocycles. The predicted molar refractivity (Wildman–Crippen MR) is 59.9 cm³/mol. The molecule has 63 valence electrons. The lowest BCUT2D eigenvalue weighted by Gasteiger charge is -2.31. The van der Waals surface area contributed by atoms with Crippen LogP contribution in [0.2, 0.25) is 0 Å². The highest BCUT2D eigenvalue weighted by Gasteiger charge is 2.18. The Morgan fingerprint density at radius 3 is 2.00 bits per heavy atom. The van der Waals surface area contributed by atoms with Crippen molar-refractivity contribution in [3.8, 4) is 0 Å². The molecular formula is C10H15BP. The molecule has 0 heterocycles. The summed E-state index contributed by atoms with van der Waals surface area (Å²) in [5.74, 6) is 0. The van der Waals surface area contributed by atoms with Crippen molar-refractivity contribution in [3.05, 3.63) is 30.3 Å². The Hall–Kier alpha value is -0.285. The number of rotatable bonds is 1. The number of benzene rings is 1. The summed E-state index contributed by atoms with van der Waals surface area (Å²) in [6.45, 7) is 6.61. The summed E-state index contributed by atoms with van der Waals surface area (Å²) in [5, 5.41) is 1.56. The molecule has 1 atom stereocenters. The fourth-order valence-electron chi connectivity index (χ4n) is 1.05. The molecule has 1 rings (SSSR count). The maximum Gasteiger partial charge on any atom is 0.0400 e. The lowest BCUT2D eigenvalue weighted by Crippen LogP contribution is -2.18. The van der Waals surface area contributed by atoms with E-state index in [-0.39, 0.29) is 5.16 Å². The lowest BCUT2D eigenvalue weighted by molar-refractivity contribution is 0.796. The highest BCUT2D eigenvalue weighted by atomic mass is 31.1. The molecule has 1 aromatic rings. The highest BCUT2D eigenvalue weighted by molar-refractivity contribution is 7.89. The Bertz CT molecular complexity index is 238. The summed E-state index contributed by atoms with van der Waals surface area (Å²) in [5.41, 5.74) is 0. The molecule has 0 spiro atoms. The smallest absolute Gasteiger partial charge is 0.0400 e. The van der Waals surface area contributed by atoms with Crippen molar-refractivity contribution < 1.29 is 0 Å².